The Morgan fingerprint density at radius 1 is 1.15 bits per heavy atom. The summed E-state index contributed by atoms with van der Waals surface area (Å²) in [6.45, 7) is 9.52. The Labute approximate surface area is 156 Å². The van der Waals surface area contributed by atoms with E-state index >= 15 is 0 Å². The number of carboxylic acid groups (broad SMARTS) is 1. The van der Waals surface area contributed by atoms with Crippen LogP contribution in [0.3, 0.4) is 0 Å². The summed E-state index contributed by atoms with van der Waals surface area (Å²) in [5.41, 5.74) is 0.387. The van der Waals surface area contributed by atoms with Crippen LogP contribution >= 0.6 is 0 Å². The molecule has 0 unspecified atom stereocenters. The Morgan fingerprint density at radius 3 is 2.27 bits per heavy atom. The molecule has 0 aliphatic rings. The summed E-state index contributed by atoms with van der Waals surface area (Å²) < 4.78 is 5.30. The molecule has 5 nitrogen and oxygen atoms in total. The number of ether oxygens (including phenoxy) is 1. The van der Waals surface area contributed by atoms with Crippen molar-refractivity contribution in [2.45, 2.75) is 59.1 Å². The average Bonchev–Trinajstić information content (AvgIpc) is 2.49. The first-order chi connectivity index (χ1) is 12.1. The van der Waals surface area contributed by atoms with Crippen molar-refractivity contribution in [1.29, 1.82) is 0 Å². The van der Waals surface area contributed by atoms with Crippen LogP contribution in [0.5, 0.6) is 0 Å². The van der Waals surface area contributed by atoms with Crippen LogP contribution in [0.15, 0.2) is 42.5 Å². The van der Waals surface area contributed by atoms with E-state index in [0.717, 1.165) is 5.56 Å². The minimum atomic E-state index is -0.884. The van der Waals surface area contributed by atoms with Gasteiger partial charge in [0.1, 0.15) is 5.60 Å². The summed E-state index contributed by atoms with van der Waals surface area (Å²) in [4.78, 5) is 23.6. The van der Waals surface area contributed by atoms with Crippen LogP contribution in [-0.2, 0) is 16.0 Å². The molecule has 5 heteroatoms. The predicted octanol–water partition coefficient (Wildman–Crippen LogP) is 4.43. The maximum Gasteiger partial charge on any atom is 0.408 e. The molecule has 1 amide bonds. The molecule has 0 aliphatic carbocycles. The number of aliphatic carboxylic acids is 1. The van der Waals surface area contributed by atoms with Gasteiger partial charge >= 0.3 is 12.1 Å². The van der Waals surface area contributed by atoms with E-state index in [4.69, 9.17) is 4.74 Å². The van der Waals surface area contributed by atoms with Gasteiger partial charge in [-0.1, -0.05) is 56.3 Å². The highest BCUT2D eigenvalue weighted by atomic mass is 16.6. The number of hydrogen-bond donors (Lipinski definition) is 2. The van der Waals surface area contributed by atoms with Crippen LogP contribution in [0.2, 0.25) is 0 Å². The lowest BCUT2D eigenvalue weighted by molar-refractivity contribution is -0.140. The molecule has 0 spiro atoms. The average molecular weight is 361 g/mol. The van der Waals surface area contributed by atoms with Crippen molar-refractivity contribution < 1.29 is 19.4 Å². The van der Waals surface area contributed by atoms with Crippen LogP contribution in [0.25, 0.3) is 0 Å². The third-order valence-electron chi connectivity index (χ3n) is 3.62. The monoisotopic (exact) mass is 361 g/mol. The lowest BCUT2D eigenvalue weighted by Gasteiger charge is -2.23. The Bertz CT molecular complexity index is 602. The lowest BCUT2D eigenvalue weighted by atomic mass is 9.96. The molecule has 0 radical (unpaired) electrons. The molecule has 26 heavy (non-hydrogen) atoms. The van der Waals surface area contributed by atoms with Crippen LogP contribution in [0, 0.1) is 11.8 Å². The van der Waals surface area contributed by atoms with Crippen molar-refractivity contribution in [2.24, 2.45) is 11.8 Å². The molecular formula is C21H31NO4. The van der Waals surface area contributed by atoms with Crippen molar-refractivity contribution in [3.8, 4) is 0 Å². The molecule has 1 aromatic rings. The molecule has 0 saturated carbocycles. The number of alkyl carbamates (subject to hydrolysis) is 1. The molecule has 0 fully saturated rings. The van der Waals surface area contributed by atoms with Crippen LogP contribution in [0.4, 0.5) is 4.79 Å². The summed E-state index contributed by atoms with van der Waals surface area (Å²) in [5, 5.41) is 12.3. The van der Waals surface area contributed by atoms with Gasteiger partial charge in [-0.3, -0.25) is 4.79 Å². The SMILES string of the molecule is CC(C)C[C@@H](C=C[C@H](Cc1ccccc1)C(=O)O)NC(=O)OC(C)(C)C. The molecule has 144 valence electrons. The minimum Gasteiger partial charge on any atom is -0.481 e. The van der Waals surface area contributed by atoms with Crippen molar-refractivity contribution in [3.63, 3.8) is 0 Å². The Balaban J connectivity index is 2.81. The molecule has 2 N–H and O–H groups in total. The van der Waals surface area contributed by atoms with Gasteiger partial charge in [0.05, 0.1) is 12.0 Å². The number of carbonyl (C=O) groups is 2. The zero-order chi connectivity index (χ0) is 19.7. The number of rotatable bonds is 8. The molecular weight excluding hydrogens is 330 g/mol. The van der Waals surface area contributed by atoms with Gasteiger partial charge in [0.25, 0.3) is 0 Å². The maximum atomic E-state index is 12.0. The summed E-state index contributed by atoms with van der Waals surface area (Å²) in [6, 6.07) is 9.23. The number of hydrogen-bond acceptors (Lipinski definition) is 3. The summed E-state index contributed by atoms with van der Waals surface area (Å²) >= 11 is 0. The second-order valence-corrected chi connectivity index (χ2v) is 7.90. The van der Waals surface area contributed by atoms with Crippen molar-refractivity contribution in [3.05, 3.63) is 48.0 Å². The second kappa shape index (κ2) is 10.00. The van der Waals surface area contributed by atoms with E-state index in [1.54, 1.807) is 32.9 Å². The van der Waals surface area contributed by atoms with Gasteiger partial charge in [-0.2, -0.15) is 0 Å². The van der Waals surface area contributed by atoms with Gasteiger partial charge in [-0.15, -0.1) is 0 Å². The van der Waals surface area contributed by atoms with Crippen LogP contribution < -0.4 is 5.32 Å². The van der Waals surface area contributed by atoms with Gasteiger partial charge in [-0.05, 0) is 45.1 Å². The standard InChI is InChI=1S/C21H31NO4/c1-15(2)13-18(22-20(25)26-21(3,4)5)12-11-17(19(23)24)14-16-9-7-6-8-10-16/h6-12,15,17-18H,13-14H2,1-5H3,(H,22,25)(H,23,24)/t17-,18-/m1/s1. The zero-order valence-electron chi connectivity index (χ0n) is 16.4. The van der Waals surface area contributed by atoms with E-state index in [-0.39, 0.29) is 6.04 Å². The molecule has 1 aromatic carbocycles. The highest BCUT2D eigenvalue weighted by Crippen LogP contribution is 2.14. The molecule has 0 heterocycles. The Kier molecular flexibility index (Phi) is 8.36. The minimum absolute atomic E-state index is 0.275. The number of benzene rings is 1. The molecule has 0 aliphatic heterocycles. The van der Waals surface area contributed by atoms with Crippen molar-refractivity contribution >= 4 is 12.1 Å². The predicted molar refractivity (Wildman–Crippen MR) is 103 cm³/mol. The molecule has 0 saturated heterocycles. The van der Waals surface area contributed by atoms with Crippen molar-refractivity contribution in [2.75, 3.05) is 0 Å². The smallest absolute Gasteiger partial charge is 0.408 e. The normalized spacial score (nSPS) is 14.2. The fraction of sp³-hybridized carbons (Fsp3) is 0.524. The number of carboxylic acids is 1. The molecule has 0 bridgehead atoms. The summed E-state index contributed by atoms with van der Waals surface area (Å²) in [7, 11) is 0. The maximum absolute atomic E-state index is 12.0. The topological polar surface area (TPSA) is 75.6 Å². The van der Waals surface area contributed by atoms with Gasteiger partial charge in [0.2, 0.25) is 0 Å². The van der Waals surface area contributed by atoms with E-state index in [1.165, 1.54) is 0 Å². The quantitative estimate of drug-likeness (QED) is 0.672. The summed E-state index contributed by atoms with van der Waals surface area (Å²) in [5.74, 6) is -1.19. The van der Waals surface area contributed by atoms with Crippen LogP contribution in [-0.4, -0.2) is 28.8 Å². The van der Waals surface area contributed by atoms with Gasteiger partial charge in [0.15, 0.2) is 0 Å². The molecule has 2 atom stereocenters. The Hall–Kier alpha value is -2.30. The Morgan fingerprint density at radius 2 is 1.77 bits per heavy atom. The highest BCUT2D eigenvalue weighted by molar-refractivity contribution is 5.72. The second-order valence-electron chi connectivity index (χ2n) is 7.90. The highest BCUT2D eigenvalue weighted by Gasteiger charge is 2.20. The van der Waals surface area contributed by atoms with E-state index in [2.05, 4.69) is 19.2 Å². The fourth-order valence-electron chi connectivity index (χ4n) is 2.53. The van der Waals surface area contributed by atoms with Gasteiger partial charge in [0, 0.05) is 0 Å². The molecule has 0 aromatic heterocycles. The first-order valence-electron chi connectivity index (χ1n) is 9.01. The largest absolute Gasteiger partial charge is 0.481 e. The van der Waals surface area contributed by atoms with E-state index < -0.39 is 23.6 Å². The van der Waals surface area contributed by atoms with Crippen molar-refractivity contribution in [1.82, 2.24) is 5.32 Å². The summed E-state index contributed by atoms with van der Waals surface area (Å²) in [6.07, 6.45) is 4.05. The fourth-order valence-corrected chi connectivity index (χ4v) is 2.53. The number of carbonyl (C=O) groups excluding carboxylic acids is 1. The third-order valence-corrected chi connectivity index (χ3v) is 3.62. The first-order valence-corrected chi connectivity index (χ1v) is 9.01. The van der Waals surface area contributed by atoms with E-state index in [0.29, 0.717) is 18.8 Å². The van der Waals surface area contributed by atoms with Gasteiger partial charge in [-0.25, -0.2) is 4.79 Å². The van der Waals surface area contributed by atoms with Crippen LogP contribution in [0.1, 0.15) is 46.6 Å². The van der Waals surface area contributed by atoms with Gasteiger partial charge < -0.3 is 15.2 Å². The van der Waals surface area contributed by atoms with E-state index in [1.807, 2.05) is 30.3 Å². The first kappa shape index (κ1) is 21.7. The molecule has 1 rings (SSSR count). The van der Waals surface area contributed by atoms with E-state index in [9.17, 15) is 14.7 Å². The number of nitrogens with one attached hydrogen (secondary N) is 1. The third kappa shape index (κ3) is 9.25. The lowest BCUT2D eigenvalue weighted by Crippen LogP contribution is -2.39. The zero-order valence-corrected chi connectivity index (χ0v) is 16.4. The number of amides is 1.